The molecule has 0 saturated heterocycles. The highest BCUT2D eigenvalue weighted by molar-refractivity contribution is 5.75. The van der Waals surface area contributed by atoms with Crippen LogP contribution >= 0.6 is 0 Å². The first-order chi connectivity index (χ1) is 8.34. The summed E-state index contributed by atoms with van der Waals surface area (Å²) in [6.07, 6.45) is 4.90. The number of nitrogens with one attached hydrogen (secondary N) is 2. The van der Waals surface area contributed by atoms with Crippen LogP contribution in [0.4, 0.5) is 4.79 Å². The Kier molecular flexibility index (Phi) is 2.49. The molecule has 0 aromatic rings. The van der Waals surface area contributed by atoms with Crippen molar-refractivity contribution in [3.05, 3.63) is 0 Å². The SMILES string of the molecule is C[C@@H]1C[C@@H]1NC(=O)N[C@H]1C[C@H]2CC[C@@]1(C)C2(C)C. The maximum atomic E-state index is 12.0. The van der Waals surface area contributed by atoms with Crippen LogP contribution in [0.1, 0.15) is 53.4 Å². The lowest BCUT2D eigenvalue weighted by Gasteiger charge is -2.39. The number of carbonyl (C=O) groups excluding carboxylic acids is 1. The van der Waals surface area contributed by atoms with Crippen LogP contribution < -0.4 is 10.6 Å². The lowest BCUT2D eigenvalue weighted by molar-refractivity contribution is 0.123. The molecule has 102 valence electrons. The average molecular weight is 250 g/mol. The number of urea groups is 1. The number of hydrogen-bond acceptors (Lipinski definition) is 1. The number of hydrogen-bond donors (Lipinski definition) is 2. The second-order valence-corrected chi connectivity index (χ2v) is 7.60. The predicted molar refractivity (Wildman–Crippen MR) is 72.3 cm³/mol. The van der Waals surface area contributed by atoms with Crippen molar-refractivity contribution in [1.29, 1.82) is 0 Å². The Hall–Kier alpha value is -0.730. The third-order valence-corrected chi connectivity index (χ3v) is 6.53. The van der Waals surface area contributed by atoms with Crippen molar-refractivity contribution < 1.29 is 4.79 Å². The van der Waals surface area contributed by atoms with Crippen LogP contribution in [0.15, 0.2) is 0 Å². The van der Waals surface area contributed by atoms with E-state index in [4.69, 9.17) is 0 Å². The molecule has 3 rings (SSSR count). The van der Waals surface area contributed by atoms with Gasteiger partial charge < -0.3 is 10.6 Å². The van der Waals surface area contributed by atoms with E-state index < -0.39 is 0 Å². The van der Waals surface area contributed by atoms with Crippen molar-refractivity contribution in [2.24, 2.45) is 22.7 Å². The Balaban J connectivity index is 1.63. The average Bonchev–Trinajstić information content (AvgIpc) is 2.86. The summed E-state index contributed by atoms with van der Waals surface area (Å²) in [5.41, 5.74) is 0.655. The van der Waals surface area contributed by atoms with Crippen LogP contribution in [0.2, 0.25) is 0 Å². The zero-order chi connectivity index (χ0) is 13.1. The minimum absolute atomic E-state index is 0.0546. The first kappa shape index (κ1) is 12.3. The molecular weight excluding hydrogens is 224 g/mol. The quantitative estimate of drug-likeness (QED) is 0.777. The minimum atomic E-state index is 0.0546. The summed E-state index contributed by atoms with van der Waals surface area (Å²) in [4.78, 5) is 12.0. The summed E-state index contributed by atoms with van der Waals surface area (Å²) >= 11 is 0. The van der Waals surface area contributed by atoms with Crippen molar-refractivity contribution in [3.8, 4) is 0 Å². The van der Waals surface area contributed by atoms with Crippen molar-refractivity contribution >= 4 is 6.03 Å². The van der Waals surface area contributed by atoms with Gasteiger partial charge in [0.2, 0.25) is 0 Å². The smallest absolute Gasteiger partial charge is 0.315 e. The molecule has 0 radical (unpaired) electrons. The highest BCUT2D eigenvalue weighted by Gasteiger charge is 2.61. The molecule has 3 fully saturated rings. The molecule has 3 heteroatoms. The Bertz CT molecular complexity index is 379. The Morgan fingerprint density at radius 2 is 1.83 bits per heavy atom. The van der Waals surface area contributed by atoms with Gasteiger partial charge >= 0.3 is 6.03 Å². The molecule has 3 aliphatic rings. The third kappa shape index (κ3) is 1.59. The van der Waals surface area contributed by atoms with Crippen molar-refractivity contribution in [2.45, 2.75) is 65.5 Å². The van der Waals surface area contributed by atoms with Crippen molar-refractivity contribution in [2.75, 3.05) is 0 Å². The Morgan fingerprint density at radius 1 is 1.17 bits per heavy atom. The fourth-order valence-corrected chi connectivity index (χ4v) is 4.31. The lowest BCUT2D eigenvalue weighted by Crippen LogP contribution is -2.50. The topological polar surface area (TPSA) is 41.1 Å². The second-order valence-electron chi connectivity index (χ2n) is 7.60. The monoisotopic (exact) mass is 250 g/mol. The van der Waals surface area contributed by atoms with E-state index >= 15 is 0 Å². The maximum Gasteiger partial charge on any atom is 0.315 e. The van der Waals surface area contributed by atoms with E-state index in [0.717, 1.165) is 18.8 Å². The van der Waals surface area contributed by atoms with Gasteiger partial charge in [-0.15, -0.1) is 0 Å². The summed E-state index contributed by atoms with van der Waals surface area (Å²) in [6.45, 7) is 9.32. The molecule has 18 heavy (non-hydrogen) atoms. The first-order valence-electron chi connectivity index (χ1n) is 7.41. The van der Waals surface area contributed by atoms with Gasteiger partial charge in [0.05, 0.1) is 0 Å². The molecule has 0 aromatic carbocycles. The third-order valence-electron chi connectivity index (χ3n) is 6.53. The standard InChI is InChI=1S/C15H26N2O/c1-9-7-11(9)16-13(18)17-12-8-10-5-6-15(12,4)14(10,2)3/h9-12H,5-8H2,1-4H3,(H2,16,17,18)/t9-,10-,11+,12+,15-/m1/s1. The fraction of sp³-hybridized carbons (Fsp3) is 0.933. The van der Waals surface area contributed by atoms with Gasteiger partial charge in [-0.05, 0) is 48.3 Å². The van der Waals surface area contributed by atoms with E-state index in [2.05, 4.69) is 38.3 Å². The van der Waals surface area contributed by atoms with Crippen LogP contribution in [-0.2, 0) is 0 Å². The number of carbonyl (C=O) groups is 1. The molecule has 3 saturated carbocycles. The normalized spacial score (nSPS) is 48.0. The van der Waals surface area contributed by atoms with Gasteiger partial charge in [-0.3, -0.25) is 0 Å². The summed E-state index contributed by atoms with van der Waals surface area (Å²) in [7, 11) is 0. The molecule has 0 spiro atoms. The van der Waals surface area contributed by atoms with Gasteiger partial charge in [-0.2, -0.15) is 0 Å². The van der Waals surface area contributed by atoms with Crippen LogP contribution in [0.3, 0.4) is 0 Å². The Labute approximate surface area is 110 Å². The van der Waals surface area contributed by atoms with Crippen LogP contribution in [-0.4, -0.2) is 18.1 Å². The zero-order valence-electron chi connectivity index (χ0n) is 12.0. The van der Waals surface area contributed by atoms with Gasteiger partial charge in [-0.25, -0.2) is 4.79 Å². The van der Waals surface area contributed by atoms with Crippen molar-refractivity contribution in [3.63, 3.8) is 0 Å². The first-order valence-corrected chi connectivity index (χ1v) is 7.41. The molecule has 2 bridgehead atoms. The van der Waals surface area contributed by atoms with Crippen LogP contribution in [0.25, 0.3) is 0 Å². The van der Waals surface area contributed by atoms with E-state index in [9.17, 15) is 4.79 Å². The number of rotatable bonds is 2. The molecule has 2 amide bonds. The molecule has 3 aliphatic carbocycles. The molecule has 0 aromatic heterocycles. The van der Waals surface area contributed by atoms with Crippen LogP contribution in [0.5, 0.6) is 0 Å². The Morgan fingerprint density at radius 3 is 2.28 bits per heavy atom. The molecule has 5 atom stereocenters. The molecule has 3 nitrogen and oxygen atoms in total. The summed E-state index contributed by atoms with van der Waals surface area (Å²) in [5.74, 6) is 1.45. The maximum absolute atomic E-state index is 12.0. The highest BCUT2D eigenvalue weighted by atomic mass is 16.2. The van der Waals surface area contributed by atoms with E-state index in [1.807, 2.05) is 0 Å². The zero-order valence-corrected chi connectivity index (χ0v) is 12.0. The van der Waals surface area contributed by atoms with Gasteiger partial charge in [0, 0.05) is 12.1 Å². The lowest BCUT2D eigenvalue weighted by atomic mass is 9.69. The predicted octanol–water partition coefficient (Wildman–Crippen LogP) is 2.91. The highest BCUT2D eigenvalue weighted by Crippen LogP contribution is 2.65. The summed E-state index contributed by atoms with van der Waals surface area (Å²) in [5, 5.41) is 6.33. The summed E-state index contributed by atoms with van der Waals surface area (Å²) < 4.78 is 0. The largest absolute Gasteiger partial charge is 0.335 e. The molecular formula is C15H26N2O. The van der Waals surface area contributed by atoms with Gasteiger partial charge in [0.15, 0.2) is 0 Å². The van der Waals surface area contributed by atoms with E-state index in [-0.39, 0.29) is 11.4 Å². The molecule has 0 heterocycles. The van der Waals surface area contributed by atoms with E-state index in [1.54, 1.807) is 0 Å². The minimum Gasteiger partial charge on any atom is -0.335 e. The van der Waals surface area contributed by atoms with E-state index in [0.29, 0.717) is 23.4 Å². The van der Waals surface area contributed by atoms with Gasteiger partial charge in [-0.1, -0.05) is 27.7 Å². The molecule has 0 aliphatic heterocycles. The fourth-order valence-electron chi connectivity index (χ4n) is 4.31. The van der Waals surface area contributed by atoms with Gasteiger partial charge in [0.1, 0.15) is 0 Å². The van der Waals surface area contributed by atoms with Gasteiger partial charge in [0.25, 0.3) is 0 Å². The number of fused-ring (bicyclic) bond motifs is 2. The summed E-state index contributed by atoms with van der Waals surface area (Å²) in [6, 6.07) is 0.837. The van der Waals surface area contributed by atoms with E-state index in [1.165, 1.54) is 12.8 Å². The molecule has 0 unspecified atom stereocenters. The van der Waals surface area contributed by atoms with Crippen LogP contribution in [0, 0.1) is 22.7 Å². The molecule has 2 N–H and O–H groups in total. The van der Waals surface area contributed by atoms with Crippen molar-refractivity contribution in [1.82, 2.24) is 10.6 Å². The second kappa shape index (κ2) is 3.64. The number of amides is 2.